The van der Waals surface area contributed by atoms with Crippen molar-refractivity contribution in [3.8, 4) is 0 Å². The second kappa shape index (κ2) is 9.33. The average molecular weight is 366 g/mol. The number of likely N-dealkylation sites (N-methyl/N-ethyl adjacent to an activating group) is 1. The first-order valence-electron chi connectivity index (χ1n) is 8.72. The van der Waals surface area contributed by atoms with Gasteiger partial charge in [-0.05, 0) is 45.7 Å². The van der Waals surface area contributed by atoms with Gasteiger partial charge >= 0.3 is 0 Å². The zero-order chi connectivity index (χ0) is 19.1. The molecule has 0 spiro atoms. The van der Waals surface area contributed by atoms with Gasteiger partial charge in [0.1, 0.15) is 5.76 Å². The molecule has 1 aromatic rings. The highest BCUT2D eigenvalue weighted by molar-refractivity contribution is 5.94. The van der Waals surface area contributed by atoms with E-state index in [9.17, 15) is 9.59 Å². The van der Waals surface area contributed by atoms with Gasteiger partial charge in [-0.1, -0.05) is 5.16 Å². The van der Waals surface area contributed by atoms with Crippen molar-refractivity contribution in [3.63, 3.8) is 0 Å². The van der Waals surface area contributed by atoms with Crippen LogP contribution < -0.4 is 10.6 Å². The van der Waals surface area contributed by atoms with E-state index in [0.29, 0.717) is 37.5 Å². The Bertz CT molecular complexity index is 639. The molecular formula is C17H26N4O5. The number of aryl methyl sites for hydroxylation is 1. The summed E-state index contributed by atoms with van der Waals surface area (Å²) < 4.78 is 5.32. The molecule has 144 valence electrons. The summed E-state index contributed by atoms with van der Waals surface area (Å²) in [6, 6.07) is 0.0318. The highest BCUT2D eigenvalue weighted by Gasteiger charge is 2.30. The molecule has 0 bridgehead atoms. The summed E-state index contributed by atoms with van der Waals surface area (Å²) >= 11 is 0. The van der Waals surface area contributed by atoms with Crippen LogP contribution in [-0.2, 0) is 22.4 Å². The standard InChI is InChI=1S/C16H24N4O3.CH2O2/c1-20(2)9-14(21)18-11-5-6-13-12(7-11)15(19-23-13)16(22)17-8-10-3-4-10;2-1-3/h10-11H,3-9H2,1-2H3,(H,17,22)(H,18,21);1H,(H,2,3). The van der Waals surface area contributed by atoms with E-state index in [2.05, 4.69) is 15.8 Å². The van der Waals surface area contributed by atoms with Crippen molar-refractivity contribution in [2.75, 3.05) is 27.2 Å². The van der Waals surface area contributed by atoms with Crippen LogP contribution in [0.2, 0.25) is 0 Å². The third-order valence-corrected chi connectivity index (χ3v) is 4.33. The summed E-state index contributed by atoms with van der Waals surface area (Å²) in [5.41, 5.74) is 1.23. The molecule has 1 unspecified atom stereocenters. The monoisotopic (exact) mass is 366 g/mol. The fourth-order valence-electron chi connectivity index (χ4n) is 2.91. The molecule has 3 rings (SSSR count). The zero-order valence-corrected chi connectivity index (χ0v) is 15.2. The Morgan fingerprint density at radius 1 is 1.35 bits per heavy atom. The van der Waals surface area contributed by atoms with Crippen molar-refractivity contribution in [2.24, 2.45) is 5.92 Å². The first kappa shape index (κ1) is 19.9. The summed E-state index contributed by atoms with van der Waals surface area (Å²) in [6.07, 6.45) is 4.49. The number of hydrogen-bond acceptors (Lipinski definition) is 6. The second-order valence-electron chi connectivity index (χ2n) is 6.94. The number of nitrogens with zero attached hydrogens (tertiary/aromatic N) is 2. The average Bonchev–Trinajstić information content (AvgIpc) is 3.30. The zero-order valence-electron chi connectivity index (χ0n) is 15.2. The molecule has 0 saturated heterocycles. The molecule has 9 nitrogen and oxygen atoms in total. The van der Waals surface area contributed by atoms with E-state index in [4.69, 9.17) is 14.4 Å². The fraction of sp³-hybridized carbons (Fsp3) is 0.647. The molecule has 1 heterocycles. The molecule has 1 fully saturated rings. The molecule has 1 aromatic heterocycles. The number of carboxylic acid groups (broad SMARTS) is 1. The minimum absolute atomic E-state index is 0.000334. The molecule has 2 aliphatic carbocycles. The van der Waals surface area contributed by atoms with Gasteiger partial charge in [-0.3, -0.25) is 14.4 Å². The van der Waals surface area contributed by atoms with Gasteiger partial charge in [-0.25, -0.2) is 0 Å². The van der Waals surface area contributed by atoms with Crippen LogP contribution in [0.3, 0.4) is 0 Å². The maximum atomic E-state index is 12.3. The van der Waals surface area contributed by atoms with E-state index in [1.54, 1.807) is 0 Å². The second-order valence-corrected chi connectivity index (χ2v) is 6.94. The molecule has 0 radical (unpaired) electrons. The first-order chi connectivity index (χ1) is 12.4. The maximum Gasteiger partial charge on any atom is 0.290 e. The summed E-state index contributed by atoms with van der Waals surface area (Å²) in [4.78, 5) is 34.4. The van der Waals surface area contributed by atoms with Crippen LogP contribution in [0.5, 0.6) is 0 Å². The Hall–Kier alpha value is -2.42. The molecular weight excluding hydrogens is 340 g/mol. The lowest BCUT2D eigenvalue weighted by Crippen LogP contribution is -2.43. The number of fused-ring (bicyclic) bond motifs is 1. The Morgan fingerprint density at radius 2 is 2.04 bits per heavy atom. The van der Waals surface area contributed by atoms with Crippen LogP contribution in [0.1, 0.15) is 41.1 Å². The lowest BCUT2D eigenvalue weighted by molar-refractivity contribution is -0.123. The number of hydrogen-bond donors (Lipinski definition) is 3. The summed E-state index contributed by atoms with van der Waals surface area (Å²) in [5.74, 6) is 1.24. The Morgan fingerprint density at radius 3 is 2.65 bits per heavy atom. The topological polar surface area (TPSA) is 125 Å². The number of nitrogens with one attached hydrogen (secondary N) is 2. The van der Waals surface area contributed by atoms with Crippen LogP contribution >= 0.6 is 0 Å². The summed E-state index contributed by atoms with van der Waals surface area (Å²) in [7, 11) is 3.72. The van der Waals surface area contributed by atoms with E-state index in [1.165, 1.54) is 12.8 Å². The number of rotatable bonds is 6. The highest BCUT2D eigenvalue weighted by atomic mass is 16.5. The number of amides is 2. The van der Waals surface area contributed by atoms with Crippen molar-refractivity contribution in [1.82, 2.24) is 20.7 Å². The van der Waals surface area contributed by atoms with Crippen molar-refractivity contribution < 1.29 is 24.0 Å². The Labute approximate surface area is 152 Å². The molecule has 2 aliphatic rings. The van der Waals surface area contributed by atoms with E-state index < -0.39 is 0 Å². The van der Waals surface area contributed by atoms with Gasteiger partial charge in [0.25, 0.3) is 12.4 Å². The van der Waals surface area contributed by atoms with E-state index in [-0.39, 0.29) is 24.3 Å². The minimum atomic E-state index is -0.250. The van der Waals surface area contributed by atoms with E-state index >= 15 is 0 Å². The molecule has 0 aromatic carbocycles. The molecule has 3 N–H and O–H groups in total. The fourth-order valence-corrected chi connectivity index (χ4v) is 2.91. The van der Waals surface area contributed by atoms with Crippen molar-refractivity contribution in [2.45, 2.75) is 38.1 Å². The van der Waals surface area contributed by atoms with Crippen molar-refractivity contribution >= 4 is 18.3 Å². The summed E-state index contributed by atoms with van der Waals surface area (Å²) in [5, 5.41) is 16.8. The molecule has 9 heteroatoms. The van der Waals surface area contributed by atoms with Gasteiger partial charge in [0.2, 0.25) is 5.91 Å². The van der Waals surface area contributed by atoms with Gasteiger partial charge in [-0.2, -0.15) is 0 Å². The smallest absolute Gasteiger partial charge is 0.290 e. The van der Waals surface area contributed by atoms with Crippen LogP contribution in [0.4, 0.5) is 0 Å². The lowest BCUT2D eigenvalue weighted by atomic mass is 9.92. The van der Waals surface area contributed by atoms with Gasteiger partial charge in [0, 0.05) is 24.6 Å². The quantitative estimate of drug-likeness (QED) is 0.608. The molecule has 1 saturated carbocycles. The van der Waals surface area contributed by atoms with Gasteiger partial charge < -0.3 is 25.2 Å². The minimum Gasteiger partial charge on any atom is -0.483 e. The summed E-state index contributed by atoms with van der Waals surface area (Å²) in [6.45, 7) is 0.825. The van der Waals surface area contributed by atoms with E-state index in [0.717, 1.165) is 17.7 Å². The van der Waals surface area contributed by atoms with Gasteiger partial charge in [-0.15, -0.1) is 0 Å². The Balaban J connectivity index is 0.000000758. The lowest BCUT2D eigenvalue weighted by Gasteiger charge is -2.23. The van der Waals surface area contributed by atoms with E-state index in [1.807, 2.05) is 19.0 Å². The highest BCUT2D eigenvalue weighted by Crippen LogP contribution is 2.28. The SMILES string of the molecule is CN(C)CC(=O)NC1CCc2onc(C(=O)NCC3CC3)c2C1.O=CO. The molecule has 26 heavy (non-hydrogen) atoms. The number of aromatic nitrogens is 1. The molecule has 1 atom stereocenters. The first-order valence-corrected chi connectivity index (χ1v) is 8.72. The largest absolute Gasteiger partial charge is 0.483 e. The van der Waals surface area contributed by atoms with Crippen molar-refractivity contribution in [3.05, 3.63) is 17.0 Å². The third-order valence-electron chi connectivity index (χ3n) is 4.33. The number of carbonyl (C=O) groups excluding carboxylic acids is 2. The van der Waals surface area contributed by atoms with Gasteiger partial charge in [0.15, 0.2) is 5.69 Å². The normalized spacial score (nSPS) is 18.3. The molecule has 2 amide bonds. The van der Waals surface area contributed by atoms with Gasteiger partial charge in [0.05, 0.1) is 6.54 Å². The van der Waals surface area contributed by atoms with Crippen LogP contribution in [0, 0.1) is 5.92 Å². The van der Waals surface area contributed by atoms with Crippen LogP contribution in [0.15, 0.2) is 4.52 Å². The predicted octanol–water partition coefficient (Wildman–Crippen LogP) is 0.0503. The molecule has 0 aliphatic heterocycles. The third kappa shape index (κ3) is 5.83. The van der Waals surface area contributed by atoms with Crippen LogP contribution in [0.25, 0.3) is 0 Å². The Kier molecular flexibility index (Phi) is 7.14. The predicted molar refractivity (Wildman–Crippen MR) is 92.8 cm³/mol. The van der Waals surface area contributed by atoms with Crippen molar-refractivity contribution in [1.29, 1.82) is 0 Å². The number of carbonyl (C=O) groups is 3. The van der Waals surface area contributed by atoms with Crippen LogP contribution in [-0.4, -0.2) is 66.7 Å². The maximum absolute atomic E-state index is 12.3.